The van der Waals surface area contributed by atoms with Crippen molar-refractivity contribution >= 4 is 17.1 Å². The average molecular weight is 210 g/mol. The molecule has 0 saturated heterocycles. The molecule has 78 valence electrons. The highest BCUT2D eigenvalue weighted by atomic mass is 15.2. The van der Waals surface area contributed by atoms with E-state index in [9.17, 15) is 0 Å². The van der Waals surface area contributed by atoms with Crippen molar-refractivity contribution in [2.75, 3.05) is 5.43 Å². The monoisotopic (exact) mass is 210 g/mol. The van der Waals surface area contributed by atoms with E-state index in [4.69, 9.17) is 5.84 Å². The SMILES string of the molecule is NNc1ccc(-c2ccc3cc2N=N3)cc1. The third-order valence-corrected chi connectivity index (χ3v) is 2.62. The molecule has 0 spiro atoms. The largest absolute Gasteiger partial charge is 0.324 e. The summed E-state index contributed by atoms with van der Waals surface area (Å²) in [6.07, 6.45) is 0. The summed E-state index contributed by atoms with van der Waals surface area (Å²) in [5.41, 5.74) is 7.53. The Bertz CT molecular complexity index is 558. The Labute approximate surface area is 92.8 Å². The fraction of sp³-hybridized carbons (Fsp3) is 0. The zero-order valence-electron chi connectivity index (χ0n) is 8.51. The van der Waals surface area contributed by atoms with Crippen molar-refractivity contribution in [3.05, 3.63) is 42.5 Å². The summed E-state index contributed by atoms with van der Waals surface area (Å²) in [7, 11) is 0. The Morgan fingerprint density at radius 3 is 2.50 bits per heavy atom. The number of anilines is 1. The third-order valence-electron chi connectivity index (χ3n) is 2.62. The summed E-state index contributed by atoms with van der Waals surface area (Å²) < 4.78 is 0. The van der Waals surface area contributed by atoms with E-state index in [0.29, 0.717) is 0 Å². The second kappa shape index (κ2) is 3.43. The number of rotatable bonds is 2. The van der Waals surface area contributed by atoms with E-state index in [1.54, 1.807) is 0 Å². The van der Waals surface area contributed by atoms with Gasteiger partial charge < -0.3 is 5.43 Å². The van der Waals surface area contributed by atoms with Crippen LogP contribution in [0.4, 0.5) is 17.1 Å². The smallest absolute Gasteiger partial charge is 0.0957 e. The minimum Gasteiger partial charge on any atom is -0.324 e. The van der Waals surface area contributed by atoms with Gasteiger partial charge in [0.1, 0.15) is 0 Å². The topological polar surface area (TPSA) is 62.8 Å². The molecule has 0 unspecified atom stereocenters. The molecule has 3 N–H and O–H groups in total. The quantitative estimate of drug-likeness (QED) is 0.503. The van der Waals surface area contributed by atoms with Crippen LogP contribution in [0.5, 0.6) is 0 Å². The molecule has 4 nitrogen and oxygen atoms in total. The maximum Gasteiger partial charge on any atom is 0.0957 e. The molecule has 0 radical (unpaired) electrons. The van der Waals surface area contributed by atoms with Gasteiger partial charge in [-0.15, -0.1) is 5.11 Å². The summed E-state index contributed by atoms with van der Waals surface area (Å²) in [6.45, 7) is 0. The minimum atomic E-state index is 0.887. The van der Waals surface area contributed by atoms with Crippen LogP contribution in [0.3, 0.4) is 0 Å². The number of nitrogens with two attached hydrogens (primary N) is 1. The molecule has 4 heteroatoms. The van der Waals surface area contributed by atoms with Crippen molar-refractivity contribution in [3.63, 3.8) is 0 Å². The molecule has 1 aliphatic heterocycles. The number of fused-ring (bicyclic) bond motifs is 2. The summed E-state index contributed by atoms with van der Waals surface area (Å²) in [5.74, 6) is 5.32. The van der Waals surface area contributed by atoms with Crippen LogP contribution in [-0.2, 0) is 0 Å². The van der Waals surface area contributed by atoms with Gasteiger partial charge in [-0.3, -0.25) is 5.84 Å². The second-order valence-electron chi connectivity index (χ2n) is 3.62. The van der Waals surface area contributed by atoms with E-state index < -0.39 is 0 Å². The van der Waals surface area contributed by atoms with Crippen LogP contribution < -0.4 is 11.3 Å². The fourth-order valence-corrected chi connectivity index (χ4v) is 1.77. The molecule has 2 bridgehead atoms. The van der Waals surface area contributed by atoms with Gasteiger partial charge in [0.2, 0.25) is 0 Å². The van der Waals surface area contributed by atoms with Gasteiger partial charge >= 0.3 is 0 Å². The summed E-state index contributed by atoms with van der Waals surface area (Å²) in [4.78, 5) is 0. The van der Waals surface area contributed by atoms with Crippen molar-refractivity contribution in [3.8, 4) is 11.1 Å². The van der Waals surface area contributed by atoms with E-state index in [1.807, 2.05) is 42.5 Å². The Balaban J connectivity index is 2.07. The first kappa shape index (κ1) is 9.06. The molecule has 0 aliphatic carbocycles. The Morgan fingerprint density at radius 2 is 1.75 bits per heavy atom. The molecule has 0 saturated carbocycles. The maximum atomic E-state index is 5.32. The lowest BCUT2D eigenvalue weighted by Crippen LogP contribution is -2.05. The van der Waals surface area contributed by atoms with Crippen LogP contribution in [0.15, 0.2) is 52.7 Å². The molecule has 0 aromatic heterocycles. The highest BCUT2D eigenvalue weighted by Crippen LogP contribution is 2.38. The van der Waals surface area contributed by atoms with Crippen LogP contribution in [0, 0.1) is 0 Å². The van der Waals surface area contributed by atoms with Crippen molar-refractivity contribution in [1.82, 2.24) is 0 Å². The van der Waals surface area contributed by atoms with Gasteiger partial charge in [0, 0.05) is 11.3 Å². The molecular formula is C12H10N4. The number of benzene rings is 2. The molecule has 3 rings (SSSR count). The maximum absolute atomic E-state index is 5.32. The summed E-state index contributed by atoms with van der Waals surface area (Å²) >= 11 is 0. The molecule has 2 aromatic carbocycles. The van der Waals surface area contributed by atoms with Crippen LogP contribution in [-0.4, -0.2) is 0 Å². The predicted octanol–water partition coefficient (Wildman–Crippen LogP) is 3.37. The number of hydrogen-bond acceptors (Lipinski definition) is 4. The number of nitrogen functional groups attached to an aromatic ring is 1. The van der Waals surface area contributed by atoms with Crippen LogP contribution >= 0.6 is 0 Å². The number of azo groups is 1. The van der Waals surface area contributed by atoms with E-state index >= 15 is 0 Å². The normalized spacial score (nSPS) is 11.8. The summed E-state index contributed by atoms with van der Waals surface area (Å²) in [6, 6.07) is 13.9. The first-order valence-electron chi connectivity index (χ1n) is 5.00. The van der Waals surface area contributed by atoms with E-state index in [-0.39, 0.29) is 0 Å². The first-order chi connectivity index (χ1) is 7.86. The lowest BCUT2D eigenvalue weighted by atomic mass is 10.0. The van der Waals surface area contributed by atoms with Crippen molar-refractivity contribution in [2.45, 2.75) is 0 Å². The van der Waals surface area contributed by atoms with Crippen LogP contribution in [0.1, 0.15) is 0 Å². The third kappa shape index (κ3) is 1.36. The zero-order valence-corrected chi connectivity index (χ0v) is 8.51. The minimum absolute atomic E-state index is 0.887. The molecule has 1 aliphatic rings. The number of hydrazine groups is 1. The number of hydrogen-bond donors (Lipinski definition) is 2. The Hall–Kier alpha value is -2.20. The van der Waals surface area contributed by atoms with Gasteiger partial charge in [-0.1, -0.05) is 12.1 Å². The average Bonchev–Trinajstić information content (AvgIpc) is 2.72. The second-order valence-corrected chi connectivity index (χ2v) is 3.62. The van der Waals surface area contributed by atoms with E-state index in [1.165, 1.54) is 0 Å². The van der Waals surface area contributed by atoms with Crippen molar-refractivity contribution < 1.29 is 0 Å². The van der Waals surface area contributed by atoms with Gasteiger partial charge in [0.05, 0.1) is 11.4 Å². The number of nitrogens with one attached hydrogen (secondary N) is 1. The predicted molar refractivity (Wildman–Crippen MR) is 63.9 cm³/mol. The van der Waals surface area contributed by atoms with Gasteiger partial charge in [-0.25, -0.2) is 0 Å². The molecule has 16 heavy (non-hydrogen) atoms. The van der Waals surface area contributed by atoms with Gasteiger partial charge in [0.15, 0.2) is 0 Å². The Kier molecular flexibility index (Phi) is 1.94. The molecule has 0 atom stereocenters. The standard InChI is InChI=1S/C12H10N4/c13-14-9-3-1-8(2-4-9)11-6-5-10-7-12(11)16-15-10/h1-7,14H,13H2. The molecular weight excluding hydrogens is 200 g/mol. The fourth-order valence-electron chi connectivity index (χ4n) is 1.77. The van der Waals surface area contributed by atoms with Crippen molar-refractivity contribution in [2.24, 2.45) is 16.1 Å². The summed E-state index contributed by atoms with van der Waals surface area (Å²) in [5, 5.41) is 8.12. The van der Waals surface area contributed by atoms with E-state index in [0.717, 1.165) is 28.2 Å². The zero-order chi connectivity index (χ0) is 11.0. The highest BCUT2D eigenvalue weighted by molar-refractivity contribution is 5.80. The van der Waals surface area contributed by atoms with Crippen LogP contribution in [0.2, 0.25) is 0 Å². The molecule has 2 aromatic rings. The number of nitrogens with zero attached hydrogens (tertiary/aromatic N) is 2. The van der Waals surface area contributed by atoms with Gasteiger partial charge in [0.25, 0.3) is 0 Å². The Morgan fingerprint density at radius 1 is 0.938 bits per heavy atom. The highest BCUT2D eigenvalue weighted by Gasteiger charge is 2.10. The first-order valence-corrected chi connectivity index (χ1v) is 5.00. The molecule has 0 fully saturated rings. The molecule has 1 heterocycles. The lowest BCUT2D eigenvalue weighted by Gasteiger charge is -2.04. The van der Waals surface area contributed by atoms with Gasteiger partial charge in [-0.05, 0) is 35.9 Å². The van der Waals surface area contributed by atoms with Crippen LogP contribution in [0.25, 0.3) is 11.1 Å². The lowest BCUT2D eigenvalue weighted by molar-refractivity contribution is 1.31. The van der Waals surface area contributed by atoms with Crippen molar-refractivity contribution in [1.29, 1.82) is 0 Å². The van der Waals surface area contributed by atoms with E-state index in [2.05, 4.69) is 15.7 Å². The molecule has 0 amide bonds. The van der Waals surface area contributed by atoms with Gasteiger partial charge in [-0.2, -0.15) is 5.11 Å².